The first kappa shape index (κ1) is 11.4. The molecule has 1 aromatic carbocycles. The highest BCUT2D eigenvalue weighted by molar-refractivity contribution is 7.89. The van der Waals surface area contributed by atoms with Gasteiger partial charge in [-0.2, -0.15) is 0 Å². The summed E-state index contributed by atoms with van der Waals surface area (Å²) in [4.78, 5) is 4.26. The van der Waals surface area contributed by atoms with Crippen molar-refractivity contribution < 1.29 is 8.42 Å². The highest BCUT2D eigenvalue weighted by Gasteiger charge is 2.06. The van der Waals surface area contributed by atoms with Crippen LogP contribution < -0.4 is 0 Å². The van der Waals surface area contributed by atoms with Crippen molar-refractivity contribution in [1.29, 1.82) is 0 Å². The molecule has 3 nitrogen and oxygen atoms in total. The fourth-order valence-electron chi connectivity index (χ4n) is 1.48. The lowest BCUT2D eigenvalue weighted by Gasteiger charge is -2.02. The van der Waals surface area contributed by atoms with E-state index in [1.165, 1.54) is 6.26 Å². The van der Waals surface area contributed by atoms with Gasteiger partial charge in [-0.05, 0) is 18.2 Å². The molecule has 2 rings (SSSR count). The summed E-state index contributed by atoms with van der Waals surface area (Å²) in [5, 5.41) is 1.54. The Balaban J connectivity index is 2.51. The van der Waals surface area contributed by atoms with Crippen molar-refractivity contribution in [3.05, 3.63) is 41.0 Å². The van der Waals surface area contributed by atoms with E-state index in [-0.39, 0.29) is 5.75 Å². The number of rotatable bonds is 2. The molecule has 1 heterocycles. The van der Waals surface area contributed by atoms with E-state index in [1.807, 2.05) is 12.1 Å². The SMILES string of the molecule is CS(=O)(=O)Cc1ccc2ccc(Cl)cc2n1. The van der Waals surface area contributed by atoms with Crippen molar-refractivity contribution >= 4 is 32.3 Å². The third-order valence-electron chi connectivity index (χ3n) is 2.12. The number of hydrogen-bond donors (Lipinski definition) is 0. The summed E-state index contributed by atoms with van der Waals surface area (Å²) < 4.78 is 22.3. The molecule has 0 unspecified atom stereocenters. The minimum atomic E-state index is -3.05. The molecule has 0 radical (unpaired) electrons. The predicted octanol–water partition coefficient (Wildman–Crippen LogP) is 2.43. The summed E-state index contributed by atoms with van der Waals surface area (Å²) in [6.45, 7) is 0. The minimum Gasteiger partial charge on any atom is -0.252 e. The summed E-state index contributed by atoms with van der Waals surface area (Å²) in [5.74, 6) is -0.0462. The summed E-state index contributed by atoms with van der Waals surface area (Å²) in [7, 11) is -3.05. The Labute approximate surface area is 99.0 Å². The van der Waals surface area contributed by atoms with Crippen molar-refractivity contribution in [2.24, 2.45) is 0 Å². The largest absolute Gasteiger partial charge is 0.252 e. The Morgan fingerprint density at radius 1 is 1.25 bits per heavy atom. The maximum absolute atomic E-state index is 11.1. The molecule has 2 aromatic rings. The molecule has 5 heteroatoms. The van der Waals surface area contributed by atoms with Gasteiger partial charge in [-0.25, -0.2) is 8.42 Å². The zero-order valence-corrected chi connectivity index (χ0v) is 10.2. The van der Waals surface area contributed by atoms with E-state index in [9.17, 15) is 8.42 Å². The number of benzene rings is 1. The maximum atomic E-state index is 11.1. The summed E-state index contributed by atoms with van der Waals surface area (Å²) in [6, 6.07) is 8.93. The van der Waals surface area contributed by atoms with E-state index in [2.05, 4.69) is 4.98 Å². The second kappa shape index (κ2) is 4.03. The van der Waals surface area contributed by atoms with E-state index >= 15 is 0 Å². The molecule has 0 spiro atoms. The van der Waals surface area contributed by atoms with Crippen LogP contribution in [0.1, 0.15) is 5.69 Å². The van der Waals surface area contributed by atoms with Crippen LogP contribution in [0.25, 0.3) is 10.9 Å². The third kappa shape index (κ3) is 2.71. The molecular formula is C11H10ClNO2S. The van der Waals surface area contributed by atoms with E-state index < -0.39 is 9.84 Å². The van der Waals surface area contributed by atoms with Crippen LogP contribution in [0, 0.1) is 0 Å². The van der Waals surface area contributed by atoms with Gasteiger partial charge in [0.05, 0.1) is 17.0 Å². The molecule has 0 atom stereocenters. The van der Waals surface area contributed by atoms with Crippen LogP contribution in [0.3, 0.4) is 0 Å². The first-order valence-corrected chi connectivity index (χ1v) is 7.11. The van der Waals surface area contributed by atoms with Gasteiger partial charge in [0.25, 0.3) is 0 Å². The number of sulfone groups is 1. The quantitative estimate of drug-likeness (QED) is 0.828. The molecule has 0 aliphatic carbocycles. The number of aromatic nitrogens is 1. The zero-order valence-electron chi connectivity index (χ0n) is 8.64. The predicted molar refractivity (Wildman–Crippen MR) is 65.3 cm³/mol. The van der Waals surface area contributed by atoms with Gasteiger partial charge in [0.15, 0.2) is 9.84 Å². The number of nitrogens with zero attached hydrogens (tertiary/aromatic N) is 1. The lowest BCUT2D eigenvalue weighted by Crippen LogP contribution is -2.02. The average Bonchev–Trinajstić information content (AvgIpc) is 2.14. The van der Waals surface area contributed by atoms with Crippen LogP contribution in [0.15, 0.2) is 30.3 Å². The van der Waals surface area contributed by atoms with Crippen molar-refractivity contribution in [1.82, 2.24) is 4.98 Å². The standard InChI is InChI=1S/C11H10ClNO2S/c1-16(14,15)7-10-5-3-8-2-4-9(12)6-11(8)13-10/h2-6H,7H2,1H3. The second-order valence-electron chi connectivity index (χ2n) is 3.71. The highest BCUT2D eigenvalue weighted by atomic mass is 35.5. The Bertz CT molecular complexity index is 637. The van der Waals surface area contributed by atoms with Gasteiger partial charge in [0.1, 0.15) is 0 Å². The molecule has 0 aliphatic rings. The van der Waals surface area contributed by atoms with Gasteiger partial charge in [0, 0.05) is 16.7 Å². The summed E-state index contributed by atoms with van der Waals surface area (Å²) >= 11 is 5.85. The van der Waals surface area contributed by atoms with Crippen molar-refractivity contribution in [3.63, 3.8) is 0 Å². The van der Waals surface area contributed by atoms with E-state index in [0.29, 0.717) is 16.2 Å². The van der Waals surface area contributed by atoms with E-state index in [1.54, 1.807) is 18.2 Å². The van der Waals surface area contributed by atoms with Gasteiger partial charge in [-0.3, -0.25) is 4.98 Å². The smallest absolute Gasteiger partial charge is 0.153 e. The Kier molecular flexibility index (Phi) is 2.86. The van der Waals surface area contributed by atoms with Crippen molar-refractivity contribution in [2.45, 2.75) is 5.75 Å². The van der Waals surface area contributed by atoms with Crippen molar-refractivity contribution in [3.8, 4) is 0 Å². The molecule has 84 valence electrons. The van der Waals surface area contributed by atoms with Crippen LogP contribution in [-0.2, 0) is 15.6 Å². The monoisotopic (exact) mass is 255 g/mol. The molecule has 0 saturated heterocycles. The van der Waals surface area contributed by atoms with Crippen LogP contribution >= 0.6 is 11.6 Å². The van der Waals surface area contributed by atoms with Crippen LogP contribution in [-0.4, -0.2) is 19.7 Å². The fourth-order valence-corrected chi connectivity index (χ4v) is 2.35. The molecule has 0 N–H and O–H groups in total. The summed E-state index contributed by atoms with van der Waals surface area (Å²) in [6.07, 6.45) is 1.19. The molecular weight excluding hydrogens is 246 g/mol. The average molecular weight is 256 g/mol. The third-order valence-corrected chi connectivity index (χ3v) is 3.18. The number of pyridine rings is 1. The van der Waals surface area contributed by atoms with Crippen molar-refractivity contribution in [2.75, 3.05) is 6.26 Å². The molecule has 0 fully saturated rings. The first-order valence-electron chi connectivity index (χ1n) is 4.67. The number of fused-ring (bicyclic) bond motifs is 1. The molecule has 0 saturated carbocycles. The van der Waals surface area contributed by atoms with Gasteiger partial charge >= 0.3 is 0 Å². The molecule has 0 amide bonds. The maximum Gasteiger partial charge on any atom is 0.153 e. The topological polar surface area (TPSA) is 47.0 Å². The van der Waals surface area contributed by atoms with Gasteiger partial charge in [-0.15, -0.1) is 0 Å². The summed E-state index contributed by atoms with van der Waals surface area (Å²) in [5.41, 5.74) is 1.26. The fraction of sp³-hybridized carbons (Fsp3) is 0.182. The number of hydrogen-bond acceptors (Lipinski definition) is 3. The second-order valence-corrected chi connectivity index (χ2v) is 6.29. The Hall–Kier alpha value is -1.13. The van der Waals surface area contributed by atoms with Crippen LogP contribution in [0.4, 0.5) is 0 Å². The molecule has 0 aliphatic heterocycles. The van der Waals surface area contributed by atoms with Crippen LogP contribution in [0.5, 0.6) is 0 Å². The van der Waals surface area contributed by atoms with Gasteiger partial charge in [-0.1, -0.05) is 23.7 Å². The normalized spacial score (nSPS) is 11.9. The lowest BCUT2D eigenvalue weighted by atomic mass is 10.2. The minimum absolute atomic E-state index is 0.0462. The van der Waals surface area contributed by atoms with E-state index in [0.717, 1.165) is 5.39 Å². The Morgan fingerprint density at radius 3 is 2.62 bits per heavy atom. The van der Waals surface area contributed by atoms with Crippen LogP contribution in [0.2, 0.25) is 5.02 Å². The lowest BCUT2D eigenvalue weighted by molar-refractivity contribution is 0.600. The molecule has 0 bridgehead atoms. The van der Waals surface area contributed by atoms with Gasteiger partial charge in [0.2, 0.25) is 0 Å². The number of halogens is 1. The zero-order chi connectivity index (χ0) is 11.8. The first-order chi connectivity index (χ1) is 7.44. The molecule has 16 heavy (non-hydrogen) atoms. The molecule has 1 aromatic heterocycles. The highest BCUT2D eigenvalue weighted by Crippen LogP contribution is 2.18. The Morgan fingerprint density at radius 2 is 1.94 bits per heavy atom. The van der Waals surface area contributed by atoms with Gasteiger partial charge < -0.3 is 0 Å². The van der Waals surface area contributed by atoms with E-state index in [4.69, 9.17) is 11.6 Å².